The van der Waals surface area contributed by atoms with Gasteiger partial charge in [-0.2, -0.15) is 0 Å². The monoisotopic (exact) mass is 213 g/mol. The van der Waals surface area contributed by atoms with Gasteiger partial charge in [0, 0.05) is 12.5 Å². The Bertz CT molecular complexity index is 200. The van der Waals surface area contributed by atoms with Crippen LogP contribution < -0.4 is 0 Å². The Morgan fingerprint density at radius 1 is 1.40 bits per heavy atom. The summed E-state index contributed by atoms with van der Waals surface area (Å²) in [5.41, 5.74) is 0. The van der Waals surface area contributed by atoms with E-state index in [-0.39, 0.29) is 0 Å². The molecule has 1 rings (SSSR count). The first-order valence-corrected chi connectivity index (χ1v) is 6.05. The topological polar surface area (TPSA) is 40.5 Å². The van der Waals surface area contributed by atoms with Crippen molar-refractivity contribution >= 4 is 5.97 Å². The van der Waals surface area contributed by atoms with Gasteiger partial charge in [-0.05, 0) is 44.7 Å². The molecule has 1 fully saturated rings. The van der Waals surface area contributed by atoms with E-state index in [0.29, 0.717) is 6.42 Å². The third-order valence-electron chi connectivity index (χ3n) is 2.89. The Kier molecular flexibility index (Phi) is 5.09. The molecule has 0 radical (unpaired) electrons. The summed E-state index contributed by atoms with van der Waals surface area (Å²) in [7, 11) is 0. The zero-order valence-electron chi connectivity index (χ0n) is 9.91. The zero-order chi connectivity index (χ0) is 11.3. The quantitative estimate of drug-likeness (QED) is 0.673. The average Bonchev–Trinajstić information content (AvgIpc) is 2.93. The molecule has 15 heavy (non-hydrogen) atoms. The summed E-state index contributed by atoms with van der Waals surface area (Å²) in [4.78, 5) is 12.9. The van der Waals surface area contributed by atoms with Gasteiger partial charge >= 0.3 is 5.97 Å². The Morgan fingerprint density at radius 3 is 2.53 bits per heavy atom. The van der Waals surface area contributed by atoms with Crippen molar-refractivity contribution in [3.05, 3.63) is 0 Å². The van der Waals surface area contributed by atoms with Gasteiger partial charge in [-0.25, -0.2) is 0 Å². The van der Waals surface area contributed by atoms with Crippen LogP contribution in [0.1, 0.15) is 46.0 Å². The fraction of sp³-hybridized carbons (Fsp3) is 0.917. The van der Waals surface area contributed by atoms with Gasteiger partial charge in [-0.15, -0.1) is 0 Å². The molecule has 88 valence electrons. The Balaban J connectivity index is 2.15. The molecule has 3 heteroatoms. The van der Waals surface area contributed by atoms with Crippen molar-refractivity contribution in [1.82, 2.24) is 4.90 Å². The fourth-order valence-electron chi connectivity index (χ4n) is 1.77. The van der Waals surface area contributed by atoms with Gasteiger partial charge in [-0.3, -0.25) is 4.79 Å². The minimum absolute atomic E-state index is 0.310. The maximum Gasteiger partial charge on any atom is 0.303 e. The summed E-state index contributed by atoms with van der Waals surface area (Å²) in [6, 6.07) is 0.762. The Hall–Kier alpha value is -0.570. The van der Waals surface area contributed by atoms with Crippen LogP contribution in [0.5, 0.6) is 0 Å². The molecule has 1 saturated carbocycles. The molecule has 0 saturated heterocycles. The summed E-state index contributed by atoms with van der Waals surface area (Å²) in [5.74, 6) is 0.0698. The molecule has 3 nitrogen and oxygen atoms in total. The predicted octanol–water partition coefficient (Wildman–Crippen LogP) is 2.36. The maximum absolute atomic E-state index is 10.4. The number of aliphatic carboxylic acids is 1. The maximum atomic E-state index is 10.4. The van der Waals surface area contributed by atoms with Crippen LogP contribution in [0.2, 0.25) is 0 Å². The smallest absolute Gasteiger partial charge is 0.303 e. The highest BCUT2D eigenvalue weighted by molar-refractivity contribution is 5.66. The van der Waals surface area contributed by atoms with Crippen molar-refractivity contribution in [3.8, 4) is 0 Å². The van der Waals surface area contributed by atoms with Crippen molar-refractivity contribution in [1.29, 1.82) is 0 Å². The van der Waals surface area contributed by atoms with Crippen molar-refractivity contribution in [3.63, 3.8) is 0 Å². The lowest BCUT2D eigenvalue weighted by Gasteiger charge is -2.22. The standard InChI is InChI=1S/C12H23NO2/c1-10(2)7-9-13(11-5-6-11)8-3-4-12(14)15/h10-11H,3-9H2,1-2H3,(H,14,15). The molecule has 0 aromatic rings. The molecule has 0 bridgehead atoms. The molecule has 0 unspecified atom stereocenters. The number of hydrogen-bond acceptors (Lipinski definition) is 2. The minimum Gasteiger partial charge on any atom is -0.481 e. The Morgan fingerprint density at radius 2 is 2.07 bits per heavy atom. The van der Waals surface area contributed by atoms with E-state index in [2.05, 4.69) is 18.7 Å². The highest BCUT2D eigenvalue weighted by atomic mass is 16.4. The number of carboxylic acid groups (broad SMARTS) is 1. The first-order valence-electron chi connectivity index (χ1n) is 6.05. The average molecular weight is 213 g/mol. The van der Waals surface area contributed by atoms with Gasteiger partial charge in [0.05, 0.1) is 0 Å². The van der Waals surface area contributed by atoms with E-state index in [4.69, 9.17) is 5.11 Å². The van der Waals surface area contributed by atoms with Crippen LogP contribution in [0.25, 0.3) is 0 Å². The van der Waals surface area contributed by atoms with Crippen LogP contribution in [-0.2, 0) is 4.79 Å². The van der Waals surface area contributed by atoms with E-state index >= 15 is 0 Å². The second-order valence-corrected chi connectivity index (χ2v) is 4.95. The van der Waals surface area contributed by atoms with Gasteiger partial charge in [0.25, 0.3) is 0 Å². The molecule has 1 N–H and O–H groups in total. The summed E-state index contributed by atoms with van der Waals surface area (Å²) in [6.45, 7) is 6.58. The zero-order valence-corrected chi connectivity index (χ0v) is 9.91. The molecule has 1 aliphatic carbocycles. The molecule has 1 aliphatic rings. The van der Waals surface area contributed by atoms with E-state index in [1.807, 2.05) is 0 Å². The summed E-state index contributed by atoms with van der Waals surface area (Å²) in [6.07, 6.45) is 4.95. The second-order valence-electron chi connectivity index (χ2n) is 4.95. The number of carbonyl (C=O) groups is 1. The molecule has 0 heterocycles. The van der Waals surface area contributed by atoms with Crippen molar-refractivity contribution in [2.24, 2.45) is 5.92 Å². The van der Waals surface area contributed by atoms with Gasteiger partial charge < -0.3 is 10.0 Å². The van der Waals surface area contributed by atoms with Crippen molar-refractivity contribution in [2.45, 2.75) is 52.0 Å². The van der Waals surface area contributed by atoms with E-state index in [0.717, 1.165) is 31.5 Å². The van der Waals surface area contributed by atoms with E-state index in [1.165, 1.54) is 19.3 Å². The molecule has 0 amide bonds. The van der Waals surface area contributed by atoms with Crippen LogP contribution in [0.3, 0.4) is 0 Å². The Labute approximate surface area is 92.5 Å². The first-order chi connectivity index (χ1) is 7.09. The molecule has 0 atom stereocenters. The van der Waals surface area contributed by atoms with Crippen molar-refractivity contribution in [2.75, 3.05) is 13.1 Å². The van der Waals surface area contributed by atoms with Crippen LogP contribution in [0, 0.1) is 5.92 Å². The van der Waals surface area contributed by atoms with Crippen LogP contribution in [0.4, 0.5) is 0 Å². The predicted molar refractivity (Wildman–Crippen MR) is 60.9 cm³/mol. The molecule has 0 aromatic carbocycles. The van der Waals surface area contributed by atoms with E-state index in [9.17, 15) is 4.79 Å². The minimum atomic E-state index is -0.672. The first kappa shape index (κ1) is 12.5. The number of rotatable bonds is 8. The van der Waals surface area contributed by atoms with Crippen LogP contribution in [0.15, 0.2) is 0 Å². The van der Waals surface area contributed by atoms with Gasteiger partial charge in [0.15, 0.2) is 0 Å². The molecular formula is C12H23NO2. The highest BCUT2D eigenvalue weighted by Crippen LogP contribution is 2.27. The van der Waals surface area contributed by atoms with E-state index < -0.39 is 5.97 Å². The SMILES string of the molecule is CC(C)CCN(CCCC(=O)O)C1CC1. The van der Waals surface area contributed by atoms with Gasteiger partial charge in [0.2, 0.25) is 0 Å². The van der Waals surface area contributed by atoms with Crippen LogP contribution >= 0.6 is 0 Å². The third kappa shape index (κ3) is 5.78. The largest absolute Gasteiger partial charge is 0.481 e. The number of carboxylic acids is 1. The third-order valence-corrected chi connectivity index (χ3v) is 2.89. The lowest BCUT2D eigenvalue weighted by Crippen LogP contribution is -2.29. The molecular weight excluding hydrogens is 190 g/mol. The van der Waals surface area contributed by atoms with Gasteiger partial charge in [-0.1, -0.05) is 13.8 Å². The van der Waals surface area contributed by atoms with Crippen molar-refractivity contribution < 1.29 is 9.90 Å². The molecule has 0 aliphatic heterocycles. The van der Waals surface area contributed by atoms with Gasteiger partial charge in [0.1, 0.15) is 0 Å². The molecule has 0 spiro atoms. The highest BCUT2D eigenvalue weighted by Gasteiger charge is 2.28. The summed E-state index contributed by atoms with van der Waals surface area (Å²) >= 11 is 0. The van der Waals surface area contributed by atoms with Crippen LogP contribution in [-0.4, -0.2) is 35.1 Å². The lowest BCUT2D eigenvalue weighted by atomic mass is 10.1. The van der Waals surface area contributed by atoms with E-state index in [1.54, 1.807) is 0 Å². The fourth-order valence-corrected chi connectivity index (χ4v) is 1.77. The second kappa shape index (κ2) is 6.11. The normalized spacial score (nSPS) is 16.3. The molecule has 0 aromatic heterocycles. The summed E-state index contributed by atoms with van der Waals surface area (Å²) < 4.78 is 0. The number of nitrogens with zero attached hydrogens (tertiary/aromatic N) is 1. The summed E-state index contributed by atoms with van der Waals surface area (Å²) in [5, 5.41) is 8.58. The lowest BCUT2D eigenvalue weighted by molar-refractivity contribution is -0.137. The number of hydrogen-bond donors (Lipinski definition) is 1.